The molecule has 4 saturated heterocycles. The van der Waals surface area contributed by atoms with Crippen molar-refractivity contribution >= 4 is 54.7 Å². The topological polar surface area (TPSA) is 113 Å². The zero-order valence-electron chi connectivity index (χ0n) is 24.6. The molecule has 5 atom stereocenters. The van der Waals surface area contributed by atoms with Gasteiger partial charge in [-0.1, -0.05) is 11.6 Å². The van der Waals surface area contributed by atoms with Crippen LogP contribution in [0.5, 0.6) is 11.8 Å². The molecule has 4 aromatic rings. The van der Waals surface area contributed by atoms with Crippen molar-refractivity contribution in [1.82, 2.24) is 20.2 Å². The van der Waals surface area contributed by atoms with E-state index in [4.69, 9.17) is 31.8 Å². The van der Waals surface area contributed by atoms with E-state index in [0.29, 0.717) is 30.0 Å². The minimum atomic E-state index is -0.938. The predicted octanol–water partition coefficient (Wildman–Crippen LogP) is 5.55. The zero-order chi connectivity index (χ0) is 31.5. The van der Waals surface area contributed by atoms with Crippen molar-refractivity contribution in [2.75, 3.05) is 43.5 Å². The van der Waals surface area contributed by atoms with Crippen molar-refractivity contribution < 1.29 is 22.6 Å². The Balaban J connectivity index is 1.27. The second-order valence-electron chi connectivity index (χ2n) is 13.1. The molecule has 2 aromatic heterocycles. The van der Waals surface area contributed by atoms with Crippen molar-refractivity contribution in [3.8, 4) is 29.0 Å². The molecule has 7 heterocycles. The summed E-state index contributed by atoms with van der Waals surface area (Å²) in [6.07, 6.45) is 3.09. The lowest BCUT2D eigenvalue weighted by Gasteiger charge is -2.40. The minimum absolute atomic E-state index is 0.0478. The fourth-order valence-corrected chi connectivity index (χ4v) is 9.81. The average Bonchev–Trinajstić information content (AvgIpc) is 3.75. The van der Waals surface area contributed by atoms with Crippen LogP contribution in [0.25, 0.3) is 32.1 Å². The number of nitrogens with one attached hydrogen (secondary N) is 1. The minimum Gasteiger partial charge on any atom is -0.489 e. The summed E-state index contributed by atoms with van der Waals surface area (Å²) in [5.41, 5.74) is 5.12. The van der Waals surface area contributed by atoms with Crippen molar-refractivity contribution in [1.29, 1.82) is 5.26 Å². The first-order valence-corrected chi connectivity index (χ1v) is 16.8. The molecule has 5 aliphatic heterocycles. The van der Waals surface area contributed by atoms with Crippen LogP contribution in [-0.4, -0.2) is 77.6 Å². The van der Waals surface area contributed by atoms with Gasteiger partial charge in [-0.3, -0.25) is 4.90 Å². The van der Waals surface area contributed by atoms with E-state index in [9.17, 15) is 9.65 Å². The lowest BCUT2D eigenvalue weighted by atomic mass is 9.95. The molecular weight excluding hydrogens is 639 g/mol. The maximum atomic E-state index is 17.1. The van der Waals surface area contributed by atoms with Crippen molar-refractivity contribution in [2.24, 2.45) is 0 Å². The first kappa shape index (κ1) is 28.6. The lowest BCUT2D eigenvalue weighted by molar-refractivity contribution is 0.107. The summed E-state index contributed by atoms with van der Waals surface area (Å²) < 4.78 is 60.7. The van der Waals surface area contributed by atoms with Crippen molar-refractivity contribution in [3.05, 3.63) is 34.4 Å². The number of nitrogen functional groups attached to an aromatic ring is 1. The molecule has 0 spiro atoms. The molecule has 0 radical (unpaired) electrons. The molecule has 2 bridgehead atoms. The molecule has 0 saturated carbocycles. The van der Waals surface area contributed by atoms with E-state index in [0.717, 1.165) is 43.6 Å². The lowest BCUT2D eigenvalue weighted by Crippen LogP contribution is -2.60. The quantitative estimate of drug-likeness (QED) is 0.289. The van der Waals surface area contributed by atoms with E-state index in [-0.39, 0.29) is 86.1 Å². The third kappa shape index (κ3) is 4.00. The molecule has 14 heteroatoms. The Morgan fingerprint density at radius 2 is 2.09 bits per heavy atom. The van der Waals surface area contributed by atoms with E-state index >= 15 is 8.78 Å². The Morgan fingerprint density at radius 3 is 2.93 bits per heavy atom. The van der Waals surface area contributed by atoms with Gasteiger partial charge in [-0.15, -0.1) is 11.3 Å². The van der Waals surface area contributed by atoms with Gasteiger partial charge in [0.25, 0.3) is 0 Å². The van der Waals surface area contributed by atoms with Crippen LogP contribution in [0.4, 0.5) is 24.0 Å². The highest BCUT2D eigenvalue weighted by molar-refractivity contribution is 7.23. The van der Waals surface area contributed by atoms with Crippen LogP contribution < -0.4 is 25.4 Å². The molecule has 0 unspecified atom stereocenters. The highest BCUT2D eigenvalue weighted by Gasteiger charge is 2.50. The molecule has 9 rings (SSSR count). The molecule has 3 N–H and O–H groups in total. The molecule has 5 aliphatic rings. The highest BCUT2D eigenvalue weighted by Crippen LogP contribution is 2.52. The van der Waals surface area contributed by atoms with Crippen LogP contribution in [0, 0.1) is 23.0 Å². The Bertz CT molecular complexity index is 2000. The highest BCUT2D eigenvalue weighted by atomic mass is 35.5. The summed E-state index contributed by atoms with van der Waals surface area (Å²) >= 11 is 8.13. The van der Waals surface area contributed by atoms with Crippen molar-refractivity contribution in [3.63, 3.8) is 0 Å². The normalized spacial score (nSPS) is 28.3. The number of nitrogens with zero attached hydrogens (tertiary/aromatic N) is 5. The molecule has 0 amide bonds. The second kappa shape index (κ2) is 10.2. The summed E-state index contributed by atoms with van der Waals surface area (Å²) in [4.78, 5) is 13.7. The first-order chi connectivity index (χ1) is 22.3. The SMILES string of the molecule is N#Cc1c(N)sc2ccc(F)c(-c3c(Cl)c4c5c(nc(OC[C@@]67CCCN6C[C@H](F)C7)nc5c3F)N3C[C@H]5CC[C@H](N5)[C@@H]3CO4)c12. The Morgan fingerprint density at radius 1 is 1.22 bits per heavy atom. The van der Waals surface area contributed by atoms with E-state index in [1.54, 1.807) is 0 Å². The monoisotopic (exact) mass is 667 g/mol. The van der Waals surface area contributed by atoms with Crippen LogP contribution in [0.3, 0.4) is 0 Å². The van der Waals surface area contributed by atoms with Crippen LogP contribution >= 0.6 is 22.9 Å². The molecule has 4 fully saturated rings. The summed E-state index contributed by atoms with van der Waals surface area (Å²) in [7, 11) is 0. The fraction of sp³-hybridized carbons (Fsp3) is 0.469. The van der Waals surface area contributed by atoms with Gasteiger partial charge in [0.1, 0.15) is 47.6 Å². The molecule has 2 aromatic carbocycles. The Labute approximate surface area is 271 Å². The van der Waals surface area contributed by atoms with E-state index in [1.807, 2.05) is 6.07 Å². The number of anilines is 2. The van der Waals surface area contributed by atoms with Gasteiger partial charge in [0, 0.05) is 52.8 Å². The zero-order valence-corrected chi connectivity index (χ0v) is 26.2. The fourth-order valence-electron chi connectivity index (χ4n) is 8.56. The van der Waals surface area contributed by atoms with Crippen LogP contribution in [0.1, 0.15) is 37.7 Å². The maximum Gasteiger partial charge on any atom is 0.319 e. The van der Waals surface area contributed by atoms with Crippen LogP contribution in [0.2, 0.25) is 5.02 Å². The maximum absolute atomic E-state index is 17.1. The van der Waals surface area contributed by atoms with Gasteiger partial charge >= 0.3 is 6.01 Å². The molecule has 0 aliphatic carbocycles. The van der Waals surface area contributed by atoms with Crippen LogP contribution in [0.15, 0.2) is 12.1 Å². The first-order valence-electron chi connectivity index (χ1n) is 15.6. The number of nitriles is 1. The molecule has 238 valence electrons. The van der Waals surface area contributed by atoms with Gasteiger partial charge in [-0.05, 0) is 44.4 Å². The smallest absolute Gasteiger partial charge is 0.319 e. The predicted molar refractivity (Wildman–Crippen MR) is 170 cm³/mol. The van der Waals surface area contributed by atoms with E-state index in [1.165, 1.54) is 12.1 Å². The largest absolute Gasteiger partial charge is 0.489 e. The second-order valence-corrected chi connectivity index (χ2v) is 14.5. The van der Waals surface area contributed by atoms with Gasteiger partial charge in [0.2, 0.25) is 0 Å². The number of aromatic nitrogens is 2. The number of benzene rings is 2. The summed E-state index contributed by atoms with van der Waals surface area (Å²) in [6.45, 7) is 2.17. The number of nitrogens with two attached hydrogens (primary N) is 1. The number of rotatable bonds is 4. The summed E-state index contributed by atoms with van der Waals surface area (Å²) in [5, 5.41) is 14.1. The third-order valence-corrected chi connectivity index (χ3v) is 11.9. The summed E-state index contributed by atoms with van der Waals surface area (Å²) in [6, 6.07) is 4.93. The number of fused-ring (bicyclic) bond motifs is 7. The Kier molecular flexibility index (Phi) is 6.36. The number of hydrogen-bond donors (Lipinski definition) is 2. The third-order valence-electron chi connectivity index (χ3n) is 10.6. The van der Waals surface area contributed by atoms with Gasteiger partial charge in [-0.25, -0.2) is 13.2 Å². The van der Waals surface area contributed by atoms with Gasteiger partial charge in [0.05, 0.1) is 27.6 Å². The van der Waals surface area contributed by atoms with Crippen molar-refractivity contribution in [2.45, 2.75) is 61.9 Å². The Hall–Kier alpha value is -3.57. The van der Waals surface area contributed by atoms with E-state index in [2.05, 4.69) is 20.1 Å². The molecule has 9 nitrogen and oxygen atoms in total. The van der Waals surface area contributed by atoms with Gasteiger partial charge in [0.15, 0.2) is 11.6 Å². The van der Waals surface area contributed by atoms with Gasteiger partial charge in [-0.2, -0.15) is 15.2 Å². The number of ether oxygens (including phenoxy) is 2. The number of halogens is 4. The standard InChI is InChI=1S/C32H29ClF3N7O2S/c33-25-23(22-17(35)3-5-20-21(22)16(9-37)29(38)46-20)26(36)27-24-28(25)44-12-19-18-4-2-15(39-18)11-43(19)30(24)41-31(40-27)45-13-32-6-1-7-42(32)10-14(34)8-32/h3,5,14-15,18-19,39H,1-2,4,6-8,10-13,38H2/t14-,15-,18+,19+,32+/m1/s1. The number of alkyl halides is 1. The molecular formula is C32H29ClF3N7O2S. The number of thiophene rings is 1. The molecule has 46 heavy (non-hydrogen) atoms. The number of hydrogen-bond acceptors (Lipinski definition) is 10. The van der Waals surface area contributed by atoms with Gasteiger partial charge < -0.3 is 25.4 Å². The number of piperazine rings is 1. The summed E-state index contributed by atoms with van der Waals surface area (Å²) in [5.74, 6) is -1.07. The average molecular weight is 668 g/mol. The van der Waals surface area contributed by atoms with E-state index < -0.39 is 23.3 Å². The van der Waals surface area contributed by atoms with Crippen LogP contribution in [-0.2, 0) is 0 Å².